The molecule has 3 rings (SSSR count). The molecule has 0 spiro atoms. The molecule has 3 aromatic rings. The molecule has 1 aromatic heterocycles. The minimum atomic E-state index is -4.36. The fourth-order valence-electron chi connectivity index (χ4n) is 2.65. The van der Waals surface area contributed by atoms with Crippen LogP contribution in [0, 0.1) is 0 Å². The highest BCUT2D eigenvalue weighted by atomic mass is 32.2. The third-order valence-corrected chi connectivity index (χ3v) is 5.02. The summed E-state index contributed by atoms with van der Waals surface area (Å²) >= 11 is 1.33. The Morgan fingerprint density at radius 2 is 1.93 bits per heavy atom. The van der Waals surface area contributed by atoms with E-state index in [1.807, 2.05) is 28.8 Å². The fraction of sp³-hybridized carbons (Fsp3) is 0.200. The summed E-state index contributed by atoms with van der Waals surface area (Å²) in [5.74, 6) is 1.69. The third-order valence-electron chi connectivity index (χ3n) is 3.98. The highest BCUT2D eigenvalue weighted by molar-refractivity contribution is 7.98. The molecular formula is C20H18F3N3OS. The second-order valence-corrected chi connectivity index (χ2v) is 6.87. The van der Waals surface area contributed by atoms with Gasteiger partial charge in [-0.1, -0.05) is 48.2 Å². The summed E-state index contributed by atoms with van der Waals surface area (Å²) in [4.78, 5) is 0. The number of allylic oxidation sites excluding steroid dienone is 1. The van der Waals surface area contributed by atoms with Crippen LogP contribution >= 0.6 is 11.8 Å². The fourth-order valence-corrected chi connectivity index (χ4v) is 3.54. The molecule has 146 valence electrons. The van der Waals surface area contributed by atoms with E-state index in [9.17, 15) is 13.2 Å². The van der Waals surface area contributed by atoms with Crippen molar-refractivity contribution in [2.75, 3.05) is 7.11 Å². The van der Waals surface area contributed by atoms with Gasteiger partial charge in [-0.3, -0.25) is 4.57 Å². The van der Waals surface area contributed by atoms with E-state index in [1.54, 1.807) is 19.3 Å². The number of rotatable bonds is 7. The monoisotopic (exact) mass is 405 g/mol. The molecule has 0 fully saturated rings. The molecule has 8 heteroatoms. The zero-order chi connectivity index (χ0) is 20.1. The van der Waals surface area contributed by atoms with Crippen LogP contribution in [0.4, 0.5) is 13.2 Å². The molecule has 0 saturated carbocycles. The SMILES string of the molecule is C=CCn1c(SCc2cccc(C(F)(F)F)c2)nnc1-c1cccc(OC)c1. The molecule has 0 aliphatic heterocycles. The van der Waals surface area contributed by atoms with Gasteiger partial charge in [0.2, 0.25) is 0 Å². The highest BCUT2D eigenvalue weighted by Gasteiger charge is 2.30. The Bertz CT molecular complexity index is 969. The lowest BCUT2D eigenvalue weighted by molar-refractivity contribution is -0.137. The molecule has 0 aliphatic rings. The summed E-state index contributed by atoms with van der Waals surface area (Å²) in [6.07, 6.45) is -2.63. The average Bonchev–Trinajstić information content (AvgIpc) is 3.09. The summed E-state index contributed by atoms with van der Waals surface area (Å²) in [5, 5.41) is 9.08. The van der Waals surface area contributed by atoms with Gasteiger partial charge in [-0.25, -0.2) is 0 Å². The molecule has 28 heavy (non-hydrogen) atoms. The van der Waals surface area contributed by atoms with Crippen molar-refractivity contribution in [3.8, 4) is 17.1 Å². The first-order valence-electron chi connectivity index (χ1n) is 8.40. The van der Waals surface area contributed by atoms with Gasteiger partial charge in [0.15, 0.2) is 11.0 Å². The maximum atomic E-state index is 12.9. The van der Waals surface area contributed by atoms with E-state index < -0.39 is 11.7 Å². The van der Waals surface area contributed by atoms with Crippen LogP contribution in [0.1, 0.15) is 11.1 Å². The van der Waals surface area contributed by atoms with Crippen molar-refractivity contribution in [1.29, 1.82) is 0 Å². The predicted molar refractivity (Wildman–Crippen MR) is 103 cm³/mol. The predicted octanol–water partition coefficient (Wildman–Crippen LogP) is 5.45. The van der Waals surface area contributed by atoms with E-state index in [0.717, 1.165) is 17.7 Å². The average molecular weight is 405 g/mol. The van der Waals surface area contributed by atoms with E-state index in [-0.39, 0.29) is 0 Å². The molecule has 2 aromatic carbocycles. The van der Waals surface area contributed by atoms with Crippen molar-refractivity contribution < 1.29 is 17.9 Å². The normalized spacial score (nSPS) is 11.4. The summed E-state index contributed by atoms with van der Waals surface area (Å²) in [6, 6.07) is 12.7. The number of aromatic nitrogens is 3. The summed E-state index contributed by atoms with van der Waals surface area (Å²) < 4.78 is 45.8. The number of benzene rings is 2. The first-order chi connectivity index (χ1) is 13.4. The summed E-state index contributed by atoms with van der Waals surface area (Å²) in [6.45, 7) is 4.24. The number of hydrogen-bond donors (Lipinski definition) is 0. The number of hydrogen-bond acceptors (Lipinski definition) is 4. The number of halogens is 3. The Morgan fingerprint density at radius 3 is 2.64 bits per heavy atom. The van der Waals surface area contributed by atoms with Crippen LogP contribution in [0.15, 0.2) is 66.3 Å². The quantitative estimate of drug-likeness (QED) is 0.387. The molecular weight excluding hydrogens is 387 g/mol. The molecule has 0 unspecified atom stereocenters. The van der Waals surface area contributed by atoms with E-state index in [0.29, 0.717) is 34.6 Å². The van der Waals surface area contributed by atoms with E-state index in [4.69, 9.17) is 4.74 Å². The van der Waals surface area contributed by atoms with Gasteiger partial charge in [0.05, 0.1) is 12.7 Å². The largest absolute Gasteiger partial charge is 0.497 e. The van der Waals surface area contributed by atoms with Crippen molar-refractivity contribution in [1.82, 2.24) is 14.8 Å². The molecule has 0 bridgehead atoms. The molecule has 4 nitrogen and oxygen atoms in total. The molecule has 0 aliphatic carbocycles. The number of nitrogens with zero attached hydrogens (tertiary/aromatic N) is 3. The Morgan fingerprint density at radius 1 is 1.14 bits per heavy atom. The van der Waals surface area contributed by atoms with Crippen LogP contribution in [0.3, 0.4) is 0 Å². The van der Waals surface area contributed by atoms with Crippen LogP contribution in [-0.4, -0.2) is 21.9 Å². The lowest BCUT2D eigenvalue weighted by atomic mass is 10.1. The Balaban J connectivity index is 1.85. The number of ether oxygens (including phenoxy) is 1. The van der Waals surface area contributed by atoms with Crippen LogP contribution in [0.5, 0.6) is 5.75 Å². The van der Waals surface area contributed by atoms with Crippen molar-refractivity contribution >= 4 is 11.8 Å². The van der Waals surface area contributed by atoms with Crippen LogP contribution in [0.2, 0.25) is 0 Å². The van der Waals surface area contributed by atoms with Gasteiger partial charge < -0.3 is 4.74 Å². The maximum Gasteiger partial charge on any atom is 0.416 e. The zero-order valence-corrected chi connectivity index (χ0v) is 15.9. The number of methoxy groups -OCH3 is 1. The Labute approximate surface area is 165 Å². The maximum absolute atomic E-state index is 12.9. The van der Waals surface area contributed by atoms with Gasteiger partial charge in [0.25, 0.3) is 0 Å². The lowest BCUT2D eigenvalue weighted by Gasteiger charge is -2.10. The molecule has 0 saturated heterocycles. The molecule has 0 radical (unpaired) electrons. The minimum absolute atomic E-state index is 0.345. The zero-order valence-electron chi connectivity index (χ0n) is 15.1. The summed E-state index contributed by atoms with van der Waals surface area (Å²) in [5.41, 5.74) is 0.741. The number of thioether (sulfide) groups is 1. The van der Waals surface area contributed by atoms with Crippen LogP contribution in [-0.2, 0) is 18.5 Å². The lowest BCUT2D eigenvalue weighted by Crippen LogP contribution is -2.05. The van der Waals surface area contributed by atoms with Crippen molar-refractivity contribution in [2.45, 2.75) is 23.6 Å². The van der Waals surface area contributed by atoms with Gasteiger partial charge in [-0.15, -0.1) is 16.8 Å². The Kier molecular flexibility index (Phi) is 6.08. The van der Waals surface area contributed by atoms with Gasteiger partial charge in [0, 0.05) is 17.9 Å². The standard InChI is InChI=1S/C20H18F3N3OS/c1-3-10-26-18(15-7-5-9-17(12-15)27-2)24-25-19(26)28-13-14-6-4-8-16(11-14)20(21,22)23/h3-9,11-12H,1,10,13H2,2H3. The first kappa shape index (κ1) is 20.0. The van der Waals surface area contributed by atoms with Crippen molar-refractivity contribution in [2.24, 2.45) is 0 Å². The van der Waals surface area contributed by atoms with E-state index >= 15 is 0 Å². The van der Waals surface area contributed by atoms with Gasteiger partial charge >= 0.3 is 6.18 Å². The third kappa shape index (κ3) is 4.56. The first-order valence-corrected chi connectivity index (χ1v) is 9.38. The topological polar surface area (TPSA) is 39.9 Å². The minimum Gasteiger partial charge on any atom is -0.497 e. The van der Waals surface area contributed by atoms with Gasteiger partial charge in [-0.05, 0) is 23.8 Å². The number of alkyl halides is 3. The second kappa shape index (κ2) is 8.52. The van der Waals surface area contributed by atoms with Gasteiger partial charge in [-0.2, -0.15) is 13.2 Å². The summed E-state index contributed by atoms with van der Waals surface area (Å²) in [7, 11) is 1.59. The van der Waals surface area contributed by atoms with Crippen molar-refractivity contribution in [3.63, 3.8) is 0 Å². The molecule has 0 atom stereocenters. The molecule has 0 N–H and O–H groups in total. The van der Waals surface area contributed by atoms with Crippen molar-refractivity contribution in [3.05, 3.63) is 72.3 Å². The molecule has 0 amide bonds. The van der Waals surface area contributed by atoms with Crippen LogP contribution < -0.4 is 4.74 Å². The highest BCUT2D eigenvalue weighted by Crippen LogP contribution is 2.32. The second-order valence-electron chi connectivity index (χ2n) is 5.92. The molecule has 1 heterocycles. The van der Waals surface area contributed by atoms with Gasteiger partial charge in [0.1, 0.15) is 5.75 Å². The van der Waals surface area contributed by atoms with E-state index in [1.165, 1.54) is 17.8 Å². The Hall–Kier alpha value is -2.74. The van der Waals surface area contributed by atoms with E-state index in [2.05, 4.69) is 16.8 Å². The van der Waals surface area contributed by atoms with Crippen LogP contribution in [0.25, 0.3) is 11.4 Å². The smallest absolute Gasteiger partial charge is 0.416 e.